The number of thiazole rings is 1. The van der Waals surface area contributed by atoms with Crippen LogP contribution >= 0.6 is 11.3 Å². The van der Waals surface area contributed by atoms with Crippen molar-refractivity contribution in [3.05, 3.63) is 40.9 Å². The van der Waals surface area contributed by atoms with E-state index in [0.717, 1.165) is 18.0 Å². The maximum absolute atomic E-state index is 13.4. The number of sulfone groups is 1. The van der Waals surface area contributed by atoms with Gasteiger partial charge in [0.05, 0.1) is 36.4 Å². The lowest BCUT2D eigenvalue weighted by atomic mass is 10.1. The van der Waals surface area contributed by atoms with Crippen molar-refractivity contribution >= 4 is 43.8 Å². The molecule has 0 unspecified atom stereocenters. The summed E-state index contributed by atoms with van der Waals surface area (Å²) < 4.78 is 30.6. The molecule has 1 atom stereocenters. The van der Waals surface area contributed by atoms with Gasteiger partial charge in [-0.1, -0.05) is 12.1 Å². The summed E-state index contributed by atoms with van der Waals surface area (Å²) in [5.41, 5.74) is 0.723. The van der Waals surface area contributed by atoms with Gasteiger partial charge in [-0.25, -0.2) is 13.4 Å². The lowest BCUT2D eigenvalue weighted by molar-refractivity contribution is -0.133. The van der Waals surface area contributed by atoms with Crippen LogP contribution in [0.1, 0.15) is 37.1 Å². The fourth-order valence-electron chi connectivity index (χ4n) is 4.86. The van der Waals surface area contributed by atoms with Gasteiger partial charge in [0.1, 0.15) is 0 Å². The zero-order valence-corrected chi connectivity index (χ0v) is 23.8. The van der Waals surface area contributed by atoms with Gasteiger partial charge in [0.2, 0.25) is 5.91 Å². The molecule has 0 spiro atoms. The molecule has 1 aliphatic carbocycles. The third-order valence-electron chi connectivity index (χ3n) is 7.13. The summed E-state index contributed by atoms with van der Waals surface area (Å²) in [7, 11) is -3.32. The van der Waals surface area contributed by atoms with E-state index in [-0.39, 0.29) is 27.8 Å². The van der Waals surface area contributed by atoms with Gasteiger partial charge in [-0.3, -0.25) is 24.8 Å². The molecule has 2 aliphatic heterocycles. The highest BCUT2D eigenvalue weighted by Crippen LogP contribution is 2.33. The average molecular weight is 575 g/mol. The number of hydrogen-bond acceptors (Lipinski definition) is 10. The smallest absolute Gasteiger partial charge is 0.278 e. The quantitative estimate of drug-likeness (QED) is 0.474. The highest BCUT2D eigenvalue weighted by atomic mass is 32.2. The maximum Gasteiger partial charge on any atom is 0.278 e. The molecule has 0 bridgehead atoms. The fourth-order valence-corrected chi connectivity index (χ4v) is 7.37. The topological polar surface area (TPSA) is 125 Å². The van der Waals surface area contributed by atoms with E-state index in [0.29, 0.717) is 62.9 Å². The van der Waals surface area contributed by atoms with Crippen LogP contribution in [0, 0.1) is 0 Å². The number of ether oxygens (including phenoxy) is 1. The van der Waals surface area contributed by atoms with Crippen LogP contribution in [0.2, 0.25) is 0 Å². The number of anilines is 1. The third-order valence-corrected chi connectivity index (χ3v) is 10.3. The summed E-state index contributed by atoms with van der Waals surface area (Å²) in [6.45, 7) is 8.76. The Kier molecular flexibility index (Phi) is 8.31. The van der Waals surface area contributed by atoms with Gasteiger partial charge < -0.3 is 9.64 Å². The largest absolute Gasteiger partial charge is 0.378 e. The van der Waals surface area contributed by atoms with Crippen LogP contribution in [0.4, 0.5) is 5.13 Å². The number of carbonyl (C=O) groups excluding carboxylic acids is 2. The first-order valence-corrected chi connectivity index (χ1v) is 15.6. The molecule has 3 heterocycles. The van der Waals surface area contributed by atoms with Crippen LogP contribution in [0.25, 0.3) is 0 Å². The highest BCUT2D eigenvalue weighted by Gasteiger charge is 2.37. The van der Waals surface area contributed by atoms with Crippen molar-refractivity contribution in [3.8, 4) is 0 Å². The number of nitrogens with zero attached hydrogens (tertiary/aromatic N) is 5. The molecule has 2 saturated heterocycles. The third kappa shape index (κ3) is 6.65. The summed E-state index contributed by atoms with van der Waals surface area (Å²) in [4.78, 5) is 35.1. The Morgan fingerprint density at radius 3 is 2.49 bits per heavy atom. The number of piperazine rings is 1. The summed E-state index contributed by atoms with van der Waals surface area (Å²) in [5, 5.41) is 9.46. The van der Waals surface area contributed by atoms with Crippen LogP contribution < -0.4 is 5.32 Å². The molecule has 3 fully saturated rings. The molecule has 11 nitrogen and oxygen atoms in total. The molecule has 1 aromatic carbocycles. The van der Waals surface area contributed by atoms with E-state index in [9.17, 15) is 18.0 Å². The lowest BCUT2D eigenvalue weighted by Gasteiger charge is -2.39. The minimum atomic E-state index is -3.32. The predicted octanol–water partition coefficient (Wildman–Crippen LogP) is 1.81. The molecule has 1 aromatic heterocycles. The lowest BCUT2D eigenvalue weighted by Crippen LogP contribution is -2.52. The first-order chi connectivity index (χ1) is 18.7. The predicted molar refractivity (Wildman–Crippen MR) is 148 cm³/mol. The maximum atomic E-state index is 13.4. The molecule has 2 aromatic rings. The zero-order chi connectivity index (χ0) is 27.6. The zero-order valence-electron chi connectivity index (χ0n) is 22.2. The van der Waals surface area contributed by atoms with Crippen molar-refractivity contribution in [3.63, 3.8) is 0 Å². The molecule has 1 saturated carbocycles. The summed E-state index contributed by atoms with van der Waals surface area (Å²) in [6, 6.07) is 6.54. The van der Waals surface area contributed by atoms with Gasteiger partial charge in [-0.15, -0.1) is 11.3 Å². The minimum absolute atomic E-state index is 0.0960. The van der Waals surface area contributed by atoms with Gasteiger partial charge in [-0.05, 0) is 31.9 Å². The monoisotopic (exact) mass is 574 g/mol. The first-order valence-electron chi connectivity index (χ1n) is 13.2. The molecule has 210 valence electrons. The van der Waals surface area contributed by atoms with E-state index in [2.05, 4.69) is 27.2 Å². The van der Waals surface area contributed by atoms with Crippen molar-refractivity contribution in [2.45, 2.75) is 49.4 Å². The van der Waals surface area contributed by atoms with Crippen LogP contribution in [-0.2, 0) is 30.7 Å². The molecule has 5 rings (SSSR count). The number of morpholine rings is 1. The second kappa shape index (κ2) is 11.7. The summed E-state index contributed by atoms with van der Waals surface area (Å²) >= 11 is 1.40. The number of hydrazone groups is 1. The van der Waals surface area contributed by atoms with Crippen molar-refractivity contribution in [1.29, 1.82) is 0 Å². The second-order valence-corrected chi connectivity index (χ2v) is 13.5. The van der Waals surface area contributed by atoms with Crippen LogP contribution in [0.5, 0.6) is 0 Å². The number of nitrogens with one attached hydrogen (secondary N) is 1. The van der Waals surface area contributed by atoms with E-state index >= 15 is 0 Å². The number of amides is 2. The van der Waals surface area contributed by atoms with E-state index in [4.69, 9.17) is 4.74 Å². The Balaban J connectivity index is 1.29. The SMILES string of the molecule is CC(=O)N1CCN(Cc2cnc(NC(=O)C(=NN3CCOCC3)c3ccc(S(=O)(=O)C4CC4)cc3)s2)C[C@@H]1C. The molecule has 3 aliphatic rings. The molecule has 0 radical (unpaired) electrons. The van der Waals surface area contributed by atoms with Gasteiger partial charge in [0.15, 0.2) is 20.7 Å². The van der Waals surface area contributed by atoms with Gasteiger partial charge in [0, 0.05) is 55.8 Å². The molecular formula is C26H34N6O5S2. The van der Waals surface area contributed by atoms with E-state index < -0.39 is 15.7 Å². The Bertz CT molecular complexity index is 1330. The highest BCUT2D eigenvalue weighted by molar-refractivity contribution is 7.92. The molecular weight excluding hydrogens is 540 g/mol. The minimum Gasteiger partial charge on any atom is -0.378 e. The summed E-state index contributed by atoms with van der Waals surface area (Å²) in [6.07, 6.45) is 3.15. The van der Waals surface area contributed by atoms with Crippen LogP contribution in [-0.4, -0.2) is 103 Å². The fraction of sp³-hybridized carbons (Fsp3) is 0.538. The molecule has 1 N–H and O–H groups in total. The van der Waals surface area contributed by atoms with Gasteiger partial charge in [-0.2, -0.15) is 5.10 Å². The van der Waals surface area contributed by atoms with Crippen LogP contribution in [0.15, 0.2) is 40.5 Å². The Morgan fingerprint density at radius 2 is 1.85 bits per heavy atom. The van der Waals surface area contributed by atoms with Crippen molar-refractivity contribution in [2.24, 2.45) is 5.10 Å². The van der Waals surface area contributed by atoms with E-state index in [1.165, 1.54) is 11.3 Å². The average Bonchev–Trinajstić information content (AvgIpc) is 3.70. The number of aromatic nitrogens is 1. The second-order valence-electron chi connectivity index (χ2n) is 10.2. The standard InChI is InChI=1S/C26H34N6O5S2/c1-18-16-30(9-10-32(18)19(2)33)17-21-15-27-26(38-21)28-25(34)24(29-31-11-13-37-14-12-31)20-3-5-22(6-4-20)39(35,36)23-7-8-23/h3-6,15,18,23H,7-14,16-17H2,1-2H3,(H,27,28,34)/t18-/m0/s1. The van der Waals surface area contributed by atoms with Gasteiger partial charge in [0.25, 0.3) is 5.91 Å². The number of hydrogen-bond donors (Lipinski definition) is 1. The van der Waals surface area contributed by atoms with Crippen molar-refractivity contribution in [1.82, 2.24) is 19.8 Å². The number of benzene rings is 1. The Labute approximate surface area is 232 Å². The van der Waals surface area contributed by atoms with Crippen molar-refractivity contribution < 1.29 is 22.7 Å². The number of carbonyl (C=O) groups is 2. The molecule has 39 heavy (non-hydrogen) atoms. The normalized spacial score (nSPS) is 21.2. The Morgan fingerprint density at radius 1 is 1.13 bits per heavy atom. The molecule has 13 heteroatoms. The first kappa shape index (κ1) is 27.7. The number of rotatable bonds is 8. The Hall–Kier alpha value is -2.87. The van der Waals surface area contributed by atoms with Crippen molar-refractivity contribution in [2.75, 3.05) is 51.3 Å². The summed E-state index contributed by atoms with van der Waals surface area (Å²) in [5.74, 6) is -0.317. The van der Waals surface area contributed by atoms with Gasteiger partial charge >= 0.3 is 0 Å². The van der Waals surface area contributed by atoms with E-state index in [1.807, 2.05) is 4.90 Å². The van der Waals surface area contributed by atoms with Crippen LogP contribution in [0.3, 0.4) is 0 Å². The van der Waals surface area contributed by atoms with E-state index in [1.54, 1.807) is 42.4 Å². The molecule has 2 amide bonds.